The van der Waals surface area contributed by atoms with Crippen LogP contribution in [0.5, 0.6) is 17.2 Å². The molecule has 0 saturated carbocycles. The van der Waals surface area contributed by atoms with Crippen LogP contribution in [0.2, 0.25) is 5.02 Å². The van der Waals surface area contributed by atoms with Crippen molar-refractivity contribution in [3.63, 3.8) is 0 Å². The van der Waals surface area contributed by atoms with Crippen molar-refractivity contribution in [3.05, 3.63) is 94.5 Å². The summed E-state index contributed by atoms with van der Waals surface area (Å²) in [7, 11) is 3.06. The Morgan fingerprint density at radius 3 is 2.47 bits per heavy atom. The van der Waals surface area contributed by atoms with Crippen LogP contribution in [0.4, 0.5) is 0 Å². The largest absolute Gasteiger partial charge is 0.497 e. The van der Waals surface area contributed by atoms with E-state index in [0.717, 1.165) is 5.56 Å². The molecule has 0 saturated heterocycles. The van der Waals surface area contributed by atoms with E-state index >= 15 is 0 Å². The van der Waals surface area contributed by atoms with Gasteiger partial charge in [-0.1, -0.05) is 41.9 Å². The van der Waals surface area contributed by atoms with Gasteiger partial charge in [0.15, 0.2) is 11.5 Å². The smallest absolute Gasteiger partial charge is 0.336 e. The minimum atomic E-state index is -0.550. The van der Waals surface area contributed by atoms with Gasteiger partial charge in [-0.2, -0.15) is 5.26 Å². The molecular weight excluding hydrogens is 426 g/mol. The highest BCUT2D eigenvalue weighted by Gasteiger charge is 2.10. The van der Waals surface area contributed by atoms with Crippen LogP contribution in [-0.4, -0.2) is 20.2 Å². The Morgan fingerprint density at radius 2 is 1.75 bits per heavy atom. The van der Waals surface area contributed by atoms with Crippen molar-refractivity contribution in [2.75, 3.05) is 14.2 Å². The summed E-state index contributed by atoms with van der Waals surface area (Å²) in [6.45, 7) is 0. The average molecular weight is 446 g/mol. The van der Waals surface area contributed by atoms with Gasteiger partial charge in [0.2, 0.25) is 0 Å². The first-order chi connectivity index (χ1) is 15.5. The van der Waals surface area contributed by atoms with Gasteiger partial charge in [0.25, 0.3) is 0 Å². The third kappa shape index (κ3) is 6.00. The van der Waals surface area contributed by atoms with Gasteiger partial charge in [-0.05, 0) is 65.2 Å². The first kappa shape index (κ1) is 22.7. The van der Waals surface area contributed by atoms with Crippen LogP contribution in [0, 0.1) is 11.3 Å². The Kier molecular flexibility index (Phi) is 7.69. The Balaban J connectivity index is 1.78. The van der Waals surface area contributed by atoms with Crippen LogP contribution < -0.4 is 14.2 Å². The monoisotopic (exact) mass is 445 g/mol. The molecule has 0 heterocycles. The molecule has 0 radical (unpaired) electrons. The second kappa shape index (κ2) is 10.9. The Morgan fingerprint density at radius 1 is 0.938 bits per heavy atom. The Labute approximate surface area is 191 Å². The maximum Gasteiger partial charge on any atom is 0.336 e. The number of hydrogen-bond acceptors (Lipinski definition) is 5. The summed E-state index contributed by atoms with van der Waals surface area (Å²) < 4.78 is 16.0. The average Bonchev–Trinajstić information content (AvgIpc) is 2.82. The lowest BCUT2D eigenvalue weighted by Gasteiger charge is -2.09. The van der Waals surface area contributed by atoms with Gasteiger partial charge in [0.05, 0.1) is 25.9 Å². The number of carbonyl (C=O) groups excluding carboxylic acids is 1. The molecule has 0 aliphatic rings. The summed E-state index contributed by atoms with van der Waals surface area (Å²) in [6, 6.07) is 21.6. The lowest BCUT2D eigenvalue weighted by molar-refractivity contribution is -0.129. The topological polar surface area (TPSA) is 68.5 Å². The molecule has 0 fully saturated rings. The summed E-state index contributed by atoms with van der Waals surface area (Å²) in [5.41, 5.74) is 2.67. The minimum Gasteiger partial charge on any atom is -0.497 e. The first-order valence-electron chi connectivity index (χ1n) is 9.62. The lowest BCUT2D eigenvalue weighted by Crippen LogP contribution is -2.05. The van der Waals surface area contributed by atoms with Crippen molar-refractivity contribution in [1.82, 2.24) is 0 Å². The molecule has 32 heavy (non-hydrogen) atoms. The Bertz CT molecular complexity index is 1220. The Hall–Kier alpha value is -4.01. The maximum absolute atomic E-state index is 12.3. The van der Waals surface area contributed by atoms with Crippen molar-refractivity contribution in [3.8, 4) is 23.3 Å². The van der Waals surface area contributed by atoms with Crippen LogP contribution in [-0.2, 0) is 4.79 Å². The summed E-state index contributed by atoms with van der Waals surface area (Å²) in [5.74, 6) is 0.780. The number of benzene rings is 3. The van der Waals surface area contributed by atoms with Crippen LogP contribution in [0.15, 0.2) is 72.8 Å². The fourth-order valence-electron chi connectivity index (χ4n) is 2.91. The zero-order valence-corrected chi connectivity index (χ0v) is 18.3. The molecule has 0 spiro atoms. The van der Waals surface area contributed by atoms with Crippen LogP contribution in [0.25, 0.3) is 17.7 Å². The highest BCUT2D eigenvalue weighted by atomic mass is 35.5. The SMILES string of the molecule is COc1cccc(/C=C/C(=O)Oc2ccc(/C=C(/C#N)c3cccc(Cl)c3)cc2OC)c1. The van der Waals surface area contributed by atoms with Gasteiger partial charge in [-0.3, -0.25) is 0 Å². The van der Waals surface area contributed by atoms with E-state index in [1.807, 2.05) is 24.3 Å². The van der Waals surface area contributed by atoms with Crippen molar-refractivity contribution in [2.24, 2.45) is 0 Å². The highest BCUT2D eigenvalue weighted by Crippen LogP contribution is 2.30. The third-order valence-electron chi connectivity index (χ3n) is 4.47. The van der Waals surface area contributed by atoms with E-state index in [4.69, 9.17) is 25.8 Å². The second-order valence-electron chi connectivity index (χ2n) is 6.62. The number of allylic oxidation sites excluding steroid dienone is 1. The number of carbonyl (C=O) groups is 1. The van der Waals surface area contributed by atoms with Crippen molar-refractivity contribution >= 4 is 35.3 Å². The molecule has 0 bridgehead atoms. The normalized spacial score (nSPS) is 11.1. The first-order valence-corrected chi connectivity index (χ1v) is 10.00. The van der Waals surface area contributed by atoms with E-state index in [1.54, 1.807) is 61.7 Å². The molecule has 0 N–H and O–H groups in total. The molecule has 160 valence electrons. The fourth-order valence-corrected chi connectivity index (χ4v) is 3.10. The van der Waals surface area contributed by atoms with Gasteiger partial charge < -0.3 is 14.2 Å². The van der Waals surface area contributed by atoms with Gasteiger partial charge >= 0.3 is 5.97 Å². The summed E-state index contributed by atoms with van der Waals surface area (Å²) in [4.78, 5) is 12.3. The van der Waals surface area contributed by atoms with Gasteiger partial charge in [0, 0.05) is 11.1 Å². The van der Waals surface area contributed by atoms with Gasteiger partial charge in [-0.15, -0.1) is 0 Å². The molecule has 3 aromatic carbocycles. The van der Waals surface area contributed by atoms with E-state index in [1.165, 1.54) is 13.2 Å². The zero-order valence-electron chi connectivity index (χ0n) is 17.5. The molecule has 0 atom stereocenters. The van der Waals surface area contributed by atoms with Crippen molar-refractivity contribution in [1.29, 1.82) is 5.26 Å². The predicted molar refractivity (Wildman–Crippen MR) is 126 cm³/mol. The molecule has 0 unspecified atom stereocenters. The predicted octanol–water partition coefficient (Wildman–Crippen LogP) is 6.04. The summed E-state index contributed by atoms with van der Waals surface area (Å²) >= 11 is 6.03. The van der Waals surface area contributed by atoms with Crippen molar-refractivity contribution in [2.45, 2.75) is 0 Å². The standard InChI is InChI=1S/C26H20ClNO4/c1-30-23-8-3-5-18(14-23)10-12-26(29)32-24-11-9-19(15-25(24)31-2)13-21(17-28)20-6-4-7-22(27)16-20/h3-16H,1-2H3/b12-10+,21-13-. The lowest BCUT2D eigenvalue weighted by atomic mass is 10.0. The molecule has 0 aliphatic carbocycles. The molecule has 6 heteroatoms. The molecular formula is C26H20ClNO4. The van der Waals surface area contributed by atoms with E-state index in [0.29, 0.717) is 33.2 Å². The number of methoxy groups -OCH3 is 2. The minimum absolute atomic E-state index is 0.270. The number of nitriles is 1. The number of hydrogen-bond donors (Lipinski definition) is 0. The fraction of sp³-hybridized carbons (Fsp3) is 0.0769. The van der Waals surface area contributed by atoms with E-state index in [-0.39, 0.29) is 5.75 Å². The van der Waals surface area contributed by atoms with Crippen LogP contribution in [0.1, 0.15) is 16.7 Å². The van der Waals surface area contributed by atoms with E-state index < -0.39 is 5.97 Å². The quantitative estimate of drug-likeness (QED) is 0.146. The molecule has 0 amide bonds. The summed E-state index contributed by atoms with van der Waals surface area (Å²) in [5, 5.41) is 10.1. The molecule has 3 rings (SSSR count). The number of ether oxygens (including phenoxy) is 3. The second-order valence-corrected chi connectivity index (χ2v) is 7.06. The van der Waals surface area contributed by atoms with Crippen LogP contribution >= 0.6 is 11.6 Å². The van der Waals surface area contributed by atoms with Gasteiger partial charge in [-0.25, -0.2) is 4.79 Å². The summed E-state index contributed by atoms with van der Waals surface area (Å²) in [6.07, 6.45) is 4.68. The number of rotatable bonds is 7. The number of nitrogens with zero attached hydrogens (tertiary/aromatic N) is 1. The molecule has 3 aromatic rings. The number of esters is 1. The van der Waals surface area contributed by atoms with Gasteiger partial charge in [0.1, 0.15) is 5.75 Å². The van der Waals surface area contributed by atoms with E-state index in [2.05, 4.69) is 6.07 Å². The highest BCUT2D eigenvalue weighted by molar-refractivity contribution is 6.30. The van der Waals surface area contributed by atoms with Crippen molar-refractivity contribution < 1.29 is 19.0 Å². The third-order valence-corrected chi connectivity index (χ3v) is 4.71. The van der Waals surface area contributed by atoms with E-state index in [9.17, 15) is 10.1 Å². The maximum atomic E-state index is 12.3. The number of halogens is 1. The molecule has 5 nitrogen and oxygen atoms in total. The molecule has 0 aliphatic heterocycles. The molecule has 0 aromatic heterocycles. The van der Waals surface area contributed by atoms with Crippen LogP contribution in [0.3, 0.4) is 0 Å². The zero-order chi connectivity index (χ0) is 22.9.